The summed E-state index contributed by atoms with van der Waals surface area (Å²) >= 11 is 0. The number of nitrogens with zero attached hydrogens (tertiary/aromatic N) is 1. The number of methoxy groups -OCH3 is 1. The van der Waals surface area contributed by atoms with Crippen LogP contribution in [0.1, 0.15) is 56.2 Å². The van der Waals surface area contributed by atoms with Crippen molar-refractivity contribution in [3.63, 3.8) is 0 Å². The Morgan fingerprint density at radius 2 is 1.83 bits per heavy atom. The van der Waals surface area contributed by atoms with Gasteiger partial charge in [0.2, 0.25) is 0 Å². The first-order chi connectivity index (χ1) is 16.7. The minimum Gasteiger partial charge on any atom is -0.497 e. The van der Waals surface area contributed by atoms with Crippen LogP contribution in [0.15, 0.2) is 58.0 Å². The average Bonchev–Trinajstić information content (AvgIpc) is 3.19. The second-order valence-corrected chi connectivity index (χ2v) is 7.97. The summed E-state index contributed by atoms with van der Waals surface area (Å²) in [5, 5.41) is 6.74. The third-order valence-corrected chi connectivity index (χ3v) is 5.60. The largest absolute Gasteiger partial charge is 0.497 e. The maximum atomic E-state index is 13.0. The second kappa shape index (κ2) is 9.65. The molecule has 0 unspecified atom stereocenters. The molecule has 4 rings (SSSR count). The summed E-state index contributed by atoms with van der Waals surface area (Å²) in [6, 6.07) is 11.0. The summed E-state index contributed by atoms with van der Waals surface area (Å²) in [6.07, 6.45) is -2.71. The van der Waals surface area contributed by atoms with E-state index in [1.807, 2.05) is 0 Å². The van der Waals surface area contributed by atoms with Gasteiger partial charge in [0.1, 0.15) is 11.5 Å². The highest BCUT2D eigenvalue weighted by molar-refractivity contribution is 6.09. The number of alkyl halides is 3. The Hall–Kier alpha value is -4.08. The van der Waals surface area contributed by atoms with Crippen molar-refractivity contribution >= 4 is 23.2 Å². The van der Waals surface area contributed by atoms with Crippen LogP contribution in [0, 0.1) is 6.92 Å². The van der Waals surface area contributed by atoms with Crippen molar-refractivity contribution < 1.29 is 31.9 Å². The molecule has 0 radical (unpaired) electrons. The molecule has 2 aromatic carbocycles. The van der Waals surface area contributed by atoms with Gasteiger partial charge in [-0.15, -0.1) is 0 Å². The molecule has 0 saturated heterocycles. The monoisotopic (exact) mass is 485 g/mol. The third kappa shape index (κ3) is 5.21. The number of benzene rings is 2. The minimum absolute atomic E-state index is 0.00181. The number of furan rings is 1. The summed E-state index contributed by atoms with van der Waals surface area (Å²) < 4.78 is 49.9. The summed E-state index contributed by atoms with van der Waals surface area (Å²) in [5.74, 6) is -0.0333. The van der Waals surface area contributed by atoms with E-state index in [1.165, 1.54) is 19.2 Å². The quantitative estimate of drug-likeness (QED) is 0.478. The van der Waals surface area contributed by atoms with Crippen LogP contribution in [0.25, 0.3) is 0 Å². The van der Waals surface area contributed by atoms with Crippen molar-refractivity contribution in [3.8, 4) is 5.75 Å². The molecule has 0 spiro atoms. The molecule has 0 aliphatic heterocycles. The van der Waals surface area contributed by atoms with Gasteiger partial charge in [-0.05, 0) is 56.2 Å². The molecule has 35 heavy (non-hydrogen) atoms. The molecule has 2 amide bonds. The Labute approximate surface area is 199 Å². The maximum Gasteiger partial charge on any atom is 0.416 e. The van der Waals surface area contributed by atoms with Crippen molar-refractivity contribution in [2.75, 3.05) is 12.4 Å². The van der Waals surface area contributed by atoms with E-state index in [0.717, 1.165) is 12.1 Å². The number of aryl methyl sites for hydroxylation is 1. The van der Waals surface area contributed by atoms with Gasteiger partial charge in [-0.2, -0.15) is 18.3 Å². The predicted molar refractivity (Wildman–Crippen MR) is 123 cm³/mol. The van der Waals surface area contributed by atoms with Gasteiger partial charge in [-0.25, -0.2) is 5.43 Å². The number of rotatable bonds is 5. The average molecular weight is 485 g/mol. The van der Waals surface area contributed by atoms with E-state index >= 15 is 0 Å². The van der Waals surface area contributed by atoms with Crippen LogP contribution in [0.3, 0.4) is 0 Å². The van der Waals surface area contributed by atoms with Gasteiger partial charge in [-0.1, -0.05) is 12.1 Å². The number of fused-ring (bicyclic) bond motifs is 1. The maximum absolute atomic E-state index is 13.0. The molecule has 0 bridgehead atoms. The molecular formula is C25H22F3N3O4. The lowest BCUT2D eigenvalue weighted by atomic mass is 9.93. The normalized spacial score (nSPS) is 14.4. The molecule has 0 atom stereocenters. The van der Waals surface area contributed by atoms with Crippen molar-refractivity contribution in [3.05, 3.63) is 82.3 Å². The zero-order valence-electron chi connectivity index (χ0n) is 19.0. The van der Waals surface area contributed by atoms with Crippen molar-refractivity contribution in [2.45, 2.75) is 32.4 Å². The standard InChI is InChI=1S/C25H22F3N3O4/c1-14-21-19(30-31-23(32)15-6-3-9-18(12-15)34-2)10-5-11-20(21)35-22(14)24(33)29-17-8-4-7-16(13-17)25(26,27)28/h3-4,6-9,12-13H,5,10-11H2,1-2H3,(H,29,33)(H,31,32)/b30-19+. The summed E-state index contributed by atoms with van der Waals surface area (Å²) in [7, 11) is 1.50. The lowest BCUT2D eigenvalue weighted by Crippen LogP contribution is -2.22. The van der Waals surface area contributed by atoms with Crippen molar-refractivity contribution in [2.24, 2.45) is 5.10 Å². The molecule has 7 nitrogen and oxygen atoms in total. The molecule has 1 aliphatic carbocycles. The van der Waals surface area contributed by atoms with E-state index < -0.39 is 23.6 Å². The Balaban J connectivity index is 1.55. The number of ether oxygens (including phenoxy) is 1. The number of carbonyl (C=O) groups excluding carboxylic acids is 2. The van der Waals surface area contributed by atoms with E-state index in [-0.39, 0.29) is 11.4 Å². The molecule has 1 aliphatic rings. The first kappa shape index (κ1) is 24.1. The zero-order valence-corrected chi connectivity index (χ0v) is 19.0. The van der Waals surface area contributed by atoms with E-state index in [9.17, 15) is 22.8 Å². The fraction of sp³-hybridized carbons (Fsp3) is 0.240. The number of anilines is 1. The first-order valence-corrected chi connectivity index (χ1v) is 10.8. The molecular weight excluding hydrogens is 463 g/mol. The number of amides is 2. The van der Waals surface area contributed by atoms with Crippen molar-refractivity contribution in [1.29, 1.82) is 0 Å². The van der Waals surface area contributed by atoms with Gasteiger partial charge in [0.25, 0.3) is 11.8 Å². The number of hydrazone groups is 1. The predicted octanol–water partition coefficient (Wildman–Crippen LogP) is 5.34. The van der Waals surface area contributed by atoms with Crippen LogP contribution in [-0.2, 0) is 12.6 Å². The zero-order chi connectivity index (χ0) is 25.2. The van der Waals surface area contributed by atoms with Gasteiger partial charge < -0.3 is 14.5 Å². The number of carbonyl (C=O) groups is 2. The number of nitrogens with one attached hydrogen (secondary N) is 2. The second-order valence-electron chi connectivity index (χ2n) is 7.97. The van der Waals surface area contributed by atoms with Crippen LogP contribution in [0.4, 0.5) is 18.9 Å². The molecule has 3 aromatic rings. The van der Waals surface area contributed by atoms with E-state index in [0.29, 0.717) is 53.2 Å². The van der Waals surface area contributed by atoms with E-state index in [4.69, 9.17) is 9.15 Å². The lowest BCUT2D eigenvalue weighted by molar-refractivity contribution is -0.137. The smallest absolute Gasteiger partial charge is 0.416 e. The van der Waals surface area contributed by atoms with Crippen molar-refractivity contribution in [1.82, 2.24) is 5.43 Å². The first-order valence-electron chi connectivity index (χ1n) is 10.8. The molecule has 0 saturated carbocycles. The van der Waals surface area contributed by atoms with Crippen LogP contribution >= 0.6 is 0 Å². The number of hydrogen-bond acceptors (Lipinski definition) is 5. The number of hydrogen-bond donors (Lipinski definition) is 2. The van der Waals surface area contributed by atoms with Crippen LogP contribution < -0.4 is 15.5 Å². The minimum atomic E-state index is -4.53. The van der Waals surface area contributed by atoms with Gasteiger partial charge >= 0.3 is 6.18 Å². The SMILES string of the molecule is COc1cccc(C(=O)N/N=C2\CCCc3oc(C(=O)Nc4cccc(C(F)(F)F)c4)c(C)c32)c1. The fourth-order valence-corrected chi connectivity index (χ4v) is 3.90. The third-order valence-electron chi connectivity index (χ3n) is 5.60. The van der Waals surface area contributed by atoms with E-state index in [2.05, 4.69) is 15.8 Å². The summed E-state index contributed by atoms with van der Waals surface area (Å²) in [4.78, 5) is 25.4. The highest BCUT2D eigenvalue weighted by atomic mass is 19.4. The van der Waals surface area contributed by atoms with Gasteiger partial charge in [0.05, 0.1) is 18.4 Å². The van der Waals surface area contributed by atoms with Crippen LogP contribution in [-0.4, -0.2) is 24.6 Å². The van der Waals surface area contributed by atoms with Crippen LogP contribution in [0.5, 0.6) is 5.75 Å². The molecule has 2 N–H and O–H groups in total. The van der Waals surface area contributed by atoms with Gasteiger partial charge in [0, 0.05) is 28.8 Å². The Morgan fingerprint density at radius 1 is 1.06 bits per heavy atom. The molecule has 0 fully saturated rings. The molecule has 10 heteroatoms. The highest BCUT2D eigenvalue weighted by Crippen LogP contribution is 2.32. The fourth-order valence-electron chi connectivity index (χ4n) is 3.90. The number of halogens is 3. The van der Waals surface area contributed by atoms with E-state index in [1.54, 1.807) is 31.2 Å². The molecule has 1 aromatic heterocycles. The molecule has 1 heterocycles. The Kier molecular flexibility index (Phi) is 6.63. The van der Waals surface area contributed by atoms with Gasteiger partial charge in [0.15, 0.2) is 5.76 Å². The summed E-state index contributed by atoms with van der Waals surface area (Å²) in [6.45, 7) is 1.67. The van der Waals surface area contributed by atoms with Crippen LogP contribution in [0.2, 0.25) is 0 Å². The Bertz CT molecular complexity index is 1310. The Morgan fingerprint density at radius 3 is 2.57 bits per heavy atom. The van der Waals surface area contributed by atoms with Gasteiger partial charge in [-0.3, -0.25) is 9.59 Å². The topological polar surface area (TPSA) is 92.9 Å². The summed E-state index contributed by atoms with van der Waals surface area (Å²) in [5.41, 5.74) is 3.71. The highest BCUT2D eigenvalue weighted by Gasteiger charge is 2.31. The lowest BCUT2D eigenvalue weighted by Gasteiger charge is -2.13. The molecule has 182 valence electrons.